The molecule has 1 aromatic rings. The number of hydrogen-bond acceptors (Lipinski definition) is 7. The smallest absolute Gasteiger partial charge is 0.333 e. The Kier molecular flexibility index (Phi) is 7.27. The molecule has 3 saturated carbocycles. The molecule has 8 atom stereocenters. The number of ether oxygens (including phenoxy) is 1. The van der Waals surface area contributed by atoms with Crippen LogP contribution < -0.4 is 0 Å². The van der Waals surface area contributed by atoms with Crippen LogP contribution in [0.3, 0.4) is 0 Å². The van der Waals surface area contributed by atoms with E-state index in [1.807, 2.05) is 27.7 Å². The number of Topliss-reactive ketones (excluding diaryl/α,β-unsaturated/α-hetero) is 1. The van der Waals surface area contributed by atoms with E-state index in [2.05, 4.69) is 13.5 Å². The Morgan fingerprint density at radius 1 is 1.19 bits per heavy atom. The highest BCUT2D eigenvalue weighted by molar-refractivity contribution is 7.86. The van der Waals surface area contributed by atoms with Crippen LogP contribution in [0.2, 0.25) is 0 Å². The van der Waals surface area contributed by atoms with Crippen molar-refractivity contribution in [3.05, 3.63) is 42.5 Å². The van der Waals surface area contributed by atoms with Gasteiger partial charge in [-0.05, 0) is 62.0 Å². The van der Waals surface area contributed by atoms with Crippen LogP contribution in [0.25, 0.3) is 0 Å². The molecule has 4 rings (SSSR count). The molecule has 0 amide bonds. The van der Waals surface area contributed by atoms with Crippen LogP contribution in [0.15, 0.2) is 41.8 Å². The number of aliphatic hydroxyl groups is 1. The number of aryl methyl sites for hydroxylation is 1. The largest absolute Gasteiger partial charge is 0.460 e. The third-order valence-electron chi connectivity index (χ3n) is 10.2. The summed E-state index contributed by atoms with van der Waals surface area (Å²) in [6.07, 6.45) is 3.37. The molecule has 1 unspecified atom stereocenters. The lowest BCUT2D eigenvalue weighted by Crippen LogP contribution is -2.63. The van der Waals surface area contributed by atoms with E-state index in [0.29, 0.717) is 12.8 Å². The SMILES string of the molecule is C=C[C@]1(C)C[C@@H](OC(=O)COS(=O)(=O)c2ccc(C)cc2)[C@@]2(C)C3C(=O)CC[C@@]3(CC[C@H]2C)[C@@H](C)[C@@H]1O. The minimum absolute atomic E-state index is 0.0394. The minimum atomic E-state index is -4.15. The third kappa shape index (κ3) is 4.49. The van der Waals surface area contributed by atoms with E-state index < -0.39 is 45.7 Å². The second-order valence-electron chi connectivity index (χ2n) is 12.1. The normalized spacial score (nSPS) is 39.8. The van der Waals surface area contributed by atoms with Crippen molar-refractivity contribution in [3.8, 4) is 0 Å². The van der Waals surface area contributed by atoms with Gasteiger partial charge >= 0.3 is 5.97 Å². The fourth-order valence-corrected chi connectivity index (χ4v) is 8.45. The van der Waals surface area contributed by atoms with Crippen molar-refractivity contribution in [3.63, 3.8) is 0 Å². The van der Waals surface area contributed by atoms with Crippen molar-refractivity contribution in [2.75, 3.05) is 6.61 Å². The number of esters is 1. The number of ketones is 1. The summed E-state index contributed by atoms with van der Waals surface area (Å²) in [4.78, 5) is 26.5. The van der Waals surface area contributed by atoms with Gasteiger partial charge in [-0.3, -0.25) is 8.98 Å². The molecular formula is C29H40O7S. The molecule has 8 heteroatoms. The number of aliphatic hydroxyl groups excluding tert-OH is 1. The van der Waals surface area contributed by atoms with Crippen molar-refractivity contribution in [2.24, 2.45) is 34.0 Å². The molecule has 3 aliphatic rings. The summed E-state index contributed by atoms with van der Waals surface area (Å²) in [6, 6.07) is 6.17. The molecule has 0 aliphatic heterocycles. The Morgan fingerprint density at radius 2 is 1.84 bits per heavy atom. The van der Waals surface area contributed by atoms with Crippen molar-refractivity contribution < 1.29 is 32.0 Å². The molecule has 0 aromatic heterocycles. The van der Waals surface area contributed by atoms with Crippen molar-refractivity contribution in [1.82, 2.24) is 0 Å². The van der Waals surface area contributed by atoms with Gasteiger partial charge < -0.3 is 9.84 Å². The number of carbonyl (C=O) groups is 2. The zero-order chi connectivity index (χ0) is 27.4. The summed E-state index contributed by atoms with van der Waals surface area (Å²) in [6.45, 7) is 13.2. The molecule has 1 N–H and O–H groups in total. The first-order valence-corrected chi connectivity index (χ1v) is 14.6. The zero-order valence-corrected chi connectivity index (χ0v) is 23.3. The lowest BCUT2D eigenvalue weighted by molar-refractivity contribution is -0.207. The maximum atomic E-state index is 13.4. The maximum absolute atomic E-state index is 13.4. The van der Waals surface area contributed by atoms with Gasteiger partial charge in [0, 0.05) is 23.2 Å². The minimum Gasteiger partial charge on any atom is -0.460 e. The average molecular weight is 533 g/mol. The van der Waals surface area contributed by atoms with Gasteiger partial charge in [0.15, 0.2) is 6.61 Å². The summed E-state index contributed by atoms with van der Waals surface area (Å²) in [5.41, 5.74) is -0.910. The molecule has 37 heavy (non-hydrogen) atoms. The number of benzene rings is 1. The van der Waals surface area contributed by atoms with Crippen LogP contribution in [0.1, 0.15) is 65.4 Å². The molecule has 2 bridgehead atoms. The van der Waals surface area contributed by atoms with E-state index >= 15 is 0 Å². The Morgan fingerprint density at radius 3 is 2.46 bits per heavy atom. The molecular weight excluding hydrogens is 492 g/mol. The molecule has 3 fully saturated rings. The maximum Gasteiger partial charge on any atom is 0.333 e. The third-order valence-corrected chi connectivity index (χ3v) is 11.5. The summed E-state index contributed by atoms with van der Waals surface area (Å²) in [5.74, 6) is -1.05. The van der Waals surface area contributed by atoms with E-state index in [9.17, 15) is 23.1 Å². The van der Waals surface area contributed by atoms with Gasteiger partial charge in [-0.25, -0.2) is 4.79 Å². The fourth-order valence-electron chi connectivity index (χ4n) is 7.59. The lowest BCUT2D eigenvalue weighted by atomic mass is 9.44. The highest BCUT2D eigenvalue weighted by Gasteiger charge is 2.68. The Hall–Kier alpha value is -2.03. The molecule has 0 heterocycles. The summed E-state index contributed by atoms with van der Waals surface area (Å²) < 4.78 is 36.3. The van der Waals surface area contributed by atoms with E-state index in [4.69, 9.17) is 8.92 Å². The summed E-state index contributed by atoms with van der Waals surface area (Å²) in [7, 11) is -4.15. The first-order valence-electron chi connectivity index (χ1n) is 13.2. The second kappa shape index (κ2) is 9.62. The zero-order valence-electron chi connectivity index (χ0n) is 22.5. The lowest BCUT2D eigenvalue weighted by Gasteiger charge is -2.61. The van der Waals surface area contributed by atoms with Gasteiger partial charge in [0.1, 0.15) is 11.9 Å². The molecule has 0 saturated heterocycles. The Balaban J connectivity index is 1.65. The van der Waals surface area contributed by atoms with Gasteiger partial charge in [0.25, 0.3) is 10.1 Å². The van der Waals surface area contributed by atoms with Gasteiger partial charge in [-0.15, -0.1) is 6.58 Å². The average Bonchev–Trinajstić information content (AvgIpc) is 3.21. The highest BCUT2D eigenvalue weighted by Crippen LogP contribution is 2.68. The fraction of sp³-hybridized carbons (Fsp3) is 0.655. The van der Waals surface area contributed by atoms with E-state index in [-0.39, 0.29) is 40.3 Å². The predicted octanol–water partition coefficient (Wildman–Crippen LogP) is 4.61. The van der Waals surface area contributed by atoms with Crippen molar-refractivity contribution in [1.29, 1.82) is 0 Å². The van der Waals surface area contributed by atoms with Gasteiger partial charge in [-0.1, -0.05) is 51.5 Å². The van der Waals surface area contributed by atoms with E-state index in [1.54, 1.807) is 18.2 Å². The molecule has 3 aliphatic carbocycles. The van der Waals surface area contributed by atoms with Gasteiger partial charge in [-0.2, -0.15) is 8.42 Å². The molecule has 0 spiro atoms. The van der Waals surface area contributed by atoms with Crippen LogP contribution >= 0.6 is 0 Å². The topological polar surface area (TPSA) is 107 Å². The van der Waals surface area contributed by atoms with Crippen molar-refractivity contribution in [2.45, 2.75) is 83.8 Å². The predicted molar refractivity (Wildman–Crippen MR) is 139 cm³/mol. The molecule has 1 aromatic carbocycles. The first kappa shape index (κ1) is 28.0. The van der Waals surface area contributed by atoms with Gasteiger partial charge in [0.05, 0.1) is 11.0 Å². The number of rotatable bonds is 6. The van der Waals surface area contributed by atoms with Crippen LogP contribution in [-0.4, -0.2) is 44.1 Å². The first-order chi connectivity index (χ1) is 17.2. The van der Waals surface area contributed by atoms with Crippen LogP contribution in [0.4, 0.5) is 0 Å². The van der Waals surface area contributed by atoms with E-state index in [0.717, 1.165) is 18.4 Å². The van der Waals surface area contributed by atoms with Crippen LogP contribution in [-0.2, 0) is 28.6 Å². The molecule has 0 radical (unpaired) electrons. The van der Waals surface area contributed by atoms with Gasteiger partial charge in [0.2, 0.25) is 0 Å². The molecule has 204 valence electrons. The summed E-state index contributed by atoms with van der Waals surface area (Å²) >= 11 is 0. The van der Waals surface area contributed by atoms with E-state index in [1.165, 1.54) is 12.1 Å². The monoisotopic (exact) mass is 532 g/mol. The Labute approximate surface area is 220 Å². The number of carbonyl (C=O) groups excluding carboxylic acids is 2. The quantitative estimate of drug-likeness (QED) is 0.324. The van der Waals surface area contributed by atoms with Crippen molar-refractivity contribution >= 4 is 21.9 Å². The highest BCUT2D eigenvalue weighted by atomic mass is 32.2. The van der Waals surface area contributed by atoms with Crippen LogP contribution in [0, 0.1) is 40.9 Å². The Bertz CT molecular complexity index is 1180. The number of hydrogen-bond donors (Lipinski definition) is 1. The standard InChI is InChI=1S/C29H40O7S/c1-7-27(5)16-23(36-24(31)17-35-37(33,34)21-10-8-18(2)9-11-21)28(6)19(3)12-14-29(20(4)26(27)32)15-13-22(30)25(28)29/h7-11,19-20,23,25-26,32H,1,12-17H2,2-6H3/t19-,20+,23-,25?,26+,27-,28+,29+/m1/s1. The summed E-state index contributed by atoms with van der Waals surface area (Å²) in [5, 5.41) is 11.6. The molecule has 7 nitrogen and oxygen atoms in total. The second-order valence-corrected chi connectivity index (χ2v) is 13.7. The van der Waals surface area contributed by atoms with Crippen LogP contribution in [0.5, 0.6) is 0 Å².